The van der Waals surface area contributed by atoms with Crippen LogP contribution in [0.4, 0.5) is 5.69 Å². The molecule has 3 aromatic rings. The summed E-state index contributed by atoms with van der Waals surface area (Å²) in [4.78, 5) is 41.0. The summed E-state index contributed by atoms with van der Waals surface area (Å²) in [5.74, 6) is -1.21. The van der Waals surface area contributed by atoms with Crippen LogP contribution in [-0.2, 0) is 14.4 Å². The molecule has 0 aromatic heterocycles. The number of imide groups is 1. The highest BCUT2D eigenvalue weighted by atomic mass is 16.5. The normalized spacial score (nSPS) is 23.6. The summed E-state index contributed by atoms with van der Waals surface area (Å²) in [6.07, 6.45) is 3.22. The first-order valence-electron chi connectivity index (χ1n) is 12.5. The molecule has 2 atom stereocenters. The molecule has 3 aromatic carbocycles. The summed E-state index contributed by atoms with van der Waals surface area (Å²) in [6, 6.07) is 23.2. The standard InChI is InChI=1S/C30H27NO4/c1-2-3-4-13-24(32)35-19-16-14-18(15-17-19)31-29(33)27-25-20-9-5-6-10-21(20)26(28(27)30(31)34)23-12-8-7-11-22(23)25/h5-12,14-17,25-28H,2-4,13H2,1H3. The molecule has 35 heavy (non-hydrogen) atoms. The number of hydrogen-bond donors (Lipinski definition) is 0. The van der Waals surface area contributed by atoms with E-state index in [0.29, 0.717) is 17.9 Å². The summed E-state index contributed by atoms with van der Waals surface area (Å²) in [5, 5.41) is 0. The van der Waals surface area contributed by atoms with Gasteiger partial charge < -0.3 is 4.74 Å². The van der Waals surface area contributed by atoms with Gasteiger partial charge in [0.05, 0.1) is 17.5 Å². The molecule has 1 fully saturated rings. The highest BCUT2D eigenvalue weighted by Gasteiger charge is 2.61. The van der Waals surface area contributed by atoms with E-state index in [1.807, 2.05) is 24.3 Å². The Bertz CT molecular complexity index is 1210. The Morgan fingerprint density at radius 3 is 1.69 bits per heavy atom. The Balaban J connectivity index is 1.31. The number of carbonyl (C=O) groups excluding carboxylic acids is 3. The molecular formula is C30H27NO4. The van der Waals surface area contributed by atoms with Crippen molar-refractivity contribution in [2.24, 2.45) is 11.8 Å². The summed E-state index contributed by atoms with van der Waals surface area (Å²) < 4.78 is 5.43. The van der Waals surface area contributed by atoms with Gasteiger partial charge in [-0.15, -0.1) is 0 Å². The van der Waals surface area contributed by atoms with Gasteiger partial charge in [-0.3, -0.25) is 14.4 Å². The highest BCUT2D eigenvalue weighted by Crippen LogP contribution is 2.61. The van der Waals surface area contributed by atoms with Crippen LogP contribution in [0.15, 0.2) is 72.8 Å². The zero-order valence-electron chi connectivity index (χ0n) is 19.6. The van der Waals surface area contributed by atoms with E-state index in [4.69, 9.17) is 4.74 Å². The quantitative estimate of drug-likeness (QED) is 0.207. The third-order valence-corrected chi connectivity index (χ3v) is 7.76. The van der Waals surface area contributed by atoms with Crippen LogP contribution in [-0.4, -0.2) is 17.8 Å². The fourth-order valence-electron chi connectivity index (χ4n) is 6.30. The molecule has 1 saturated heterocycles. The number of anilines is 1. The molecule has 0 radical (unpaired) electrons. The van der Waals surface area contributed by atoms with E-state index in [9.17, 15) is 14.4 Å². The average molecular weight is 466 g/mol. The van der Waals surface area contributed by atoms with Crippen molar-refractivity contribution in [3.63, 3.8) is 0 Å². The van der Waals surface area contributed by atoms with Crippen molar-refractivity contribution in [1.82, 2.24) is 0 Å². The summed E-state index contributed by atoms with van der Waals surface area (Å²) >= 11 is 0. The molecule has 0 saturated carbocycles. The lowest BCUT2D eigenvalue weighted by atomic mass is 9.55. The lowest BCUT2D eigenvalue weighted by molar-refractivity contribution is -0.134. The highest BCUT2D eigenvalue weighted by molar-refractivity contribution is 6.23. The number of carbonyl (C=O) groups is 3. The Kier molecular flexibility index (Phi) is 5.28. The number of ether oxygens (including phenoxy) is 1. The lowest BCUT2D eigenvalue weighted by Gasteiger charge is -2.45. The second kappa shape index (κ2) is 8.49. The molecular weight excluding hydrogens is 438 g/mol. The molecule has 0 spiro atoms. The second-order valence-electron chi connectivity index (χ2n) is 9.70. The first kappa shape index (κ1) is 21.8. The minimum absolute atomic E-state index is 0.123. The van der Waals surface area contributed by atoms with Crippen LogP contribution in [0.1, 0.15) is 66.7 Å². The molecule has 4 aliphatic rings. The molecule has 3 aliphatic carbocycles. The van der Waals surface area contributed by atoms with Gasteiger partial charge in [0.2, 0.25) is 11.8 Å². The van der Waals surface area contributed by atoms with Crippen molar-refractivity contribution >= 4 is 23.5 Å². The molecule has 7 rings (SSSR count). The van der Waals surface area contributed by atoms with Gasteiger partial charge in [-0.2, -0.15) is 0 Å². The Hall–Kier alpha value is -3.73. The largest absolute Gasteiger partial charge is 0.427 e. The van der Waals surface area contributed by atoms with E-state index < -0.39 is 11.8 Å². The van der Waals surface area contributed by atoms with Gasteiger partial charge in [-0.05, 0) is 52.9 Å². The maximum absolute atomic E-state index is 13.8. The summed E-state index contributed by atoms with van der Waals surface area (Å²) in [7, 11) is 0. The van der Waals surface area contributed by atoms with Gasteiger partial charge in [-0.1, -0.05) is 68.3 Å². The molecule has 0 N–H and O–H groups in total. The molecule has 2 bridgehead atoms. The van der Waals surface area contributed by atoms with Crippen LogP contribution < -0.4 is 9.64 Å². The van der Waals surface area contributed by atoms with Crippen LogP contribution >= 0.6 is 0 Å². The zero-order chi connectivity index (χ0) is 24.1. The monoisotopic (exact) mass is 465 g/mol. The third-order valence-electron chi connectivity index (χ3n) is 7.76. The van der Waals surface area contributed by atoms with E-state index in [-0.39, 0.29) is 29.6 Å². The van der Waals surface area contributed by atoms with Crippen LogP contribution in [0, 0.1) is 11.8 Å². The lowest BCUT2D eigenvalue weighted by Crippen LogP contribution is -2.41. The number of unbranched alkanes of at least 4 members (excludes halogenated alkanes) is 2. The molecule has 2 amide bonds. The maximum atomic E-state index is 13.8. The number of amides is 2. The molecule has 1 aliphatic heterocycles. The maximum Gasteiger partial charge on any atom is 0.311 e. The van der Waals surface area contributed by atoms with Gasteiger partial charge in [0.1, 0.15) is 5.75 Å². The number of esters is 1. The van der Waals surface area contributed by atoms with Crippen molar-refractivity contribution in [1.29, 1.82) is 0 Å². The van der Waals surface area contributed by atoms with Crippen molar-refractivity contribution in [2.45, 2.75) is 44.4 Å². The SMILES string of the molecule is CCCCCC(=O)Oc1ccc(N2C(=O)C3C4c5ccccc5C(c5ccccc54)C3C2=O)cc1. The van der Waals surface area contributed by atoms with Crippen molar-refractivity contribution < 1.29 is 19.1 Å². The van der Waals surface area contributed by atoms with E-state index in [1.165, 1.54) is 4.90 Å². The zero-order valence-corrected chi connectivity index (χ0v) is 19.6. The second-order valence-corrected chi connectivity index (χ2v) is 9.70. The average Bonchev–Trinajstić information content (AvgIpc) is 3.15. The van der Waals surface area contributed by atoms with E-state index in [2.05, 4.69) is 31.2 Å². The minimum Gasteiger partial charge on any atom is -0.427 e. The smallest absolute Gasteiger partial charge is 0.311 e. The van der Waals surface area contributed by atoms with Gasteiger partial charge in [0.15, 0.2) is 0 Å². The fraction of sp³-hybridized carbons (Fsp3) is 0.300. The molecule has 5 nitrogen and oxygen atoms in total. The molecule has 2 unspecified atom stereocenters. The van der Waals surface area contributed by atoms with Crippen molar-refractivity contribution in [2.75, 3.05) is 4.90 Å². The van der Waals surface area contributed by atoms with Crippen molar-refractivity contribution in [3.8, 4) is 5.75 Å². The minimum atomic E-state index is -0.409. The summed E-state index contributed by atoms with van der Waals surface area (Å²) in [5.41, 5.74) is 5.15. The Labute approximate surface area is 204 Å². The third kappa shape index (κ3) is 3.33. The first-order chi connectivity index (χ1) is 17.1. The van der Waals surface area contributed by atoms with E-state index in [1.54, 1.807) is 24.3 Å². The van der Waals surface area contributed by atoms with Crippen molar-refractivity contribution in [3.05, 3.63) is 95.1 Å². The number of benzene rings is 3. The van der Waals surface area contributed by atoms with Crippen LogP contribution in [0.3, 0.4) is 0 Å². The molecule has 176 valence electrons. The van der Waals surface area contributed by atoms with Crippen LogP contribution in [0.5, 0.6) is 5.75 Å². The Morgan fingerprint density at radius 2 is 1.23 bits per heavy atom. The van der Waals surface area contributed by atoms with Gasteiger partial charge in [-0.25, -0.2) is 4.90 Å². The summed E-state index contributed by atoms with van der Waals surface area (Å²) in [6.45, 7) is 2.09. The molecule has 1 heterocycles. The molecule has 5 heteroatoms. The Morgan fingerprint density at radius 1 is 0.743 bits per heavy atom. The van der Waals surface area contributed by atoms with Crippen LogP contribution in [0.25, 0.3) is 0 Å². The number of hydrogen-bond acceptors (Lipinski definition) is 4. The first-order valence-corrected chi connectivity index (χ1v) is 12.5. The van der Waals surface area contributed by atoms with Gasteiger partial charge in [0, 0.05) is 18.3 Å². The van der Waals surface area contributed by atoms with E-state index in [0.717, 1.165) is 41.5 Å². The van der Waals surface area contributed by atoms with E-state index >= 15 is 0 Å². The fourth-order valence-corrected chi connectivity index (χ4v) is 6.30. The van der Waals surface area contributed by atoms with Crippen LogP contribution in [0.2, 0.25) is 0 Å². The number of nitrogens with zero attached hydrogens (tertiary/aromatic N) is 1. The number of rotatable bonds is 6. The van der Waals surface area contributed by atoms with Gasteiger partial charge >= 0.3 is 5.97 Å². The predicted octanol–water partition coefficient (Wildman–Crippen LogP) is 5.57. The van der Waals surface area contributed by atoms with Gasteiger partial charge in [0.25, 0.3) is 0 Å². The predicted molar refractivity (Wildman–Crippen MR) is 132 cm³/mol. The topological polar surface area (TPSA) is 63.7 Å².